The van der Waals surface area contributed by atoms with E-state index in [2.05, 4.69) is 6.07 Å². The van der Waals surface area contributed by atoms with Gasteiger partial charge in [-0.25, -0.2) is 4.79 Å². The summed E-state index contributed by atoms with van der Waals surface area (Å²) in [4.78, 5) is 11.5. The Morgan fingerprint density at radius 2 is 2.20 bits per heavy atom. The van der Waals surface area contributed by atoms with Gasteiger partial charge in [-0.05, 0) is 38.8 Å². The number of nitrogen functional groups attached to an aromatic ring is 1. The van der Waals surface area contributed by atoms with Gasteiger partial charge < -0.3 is 15.2 Å². The third kappa shape index (κ3) is 6.10. The summed E-state index contributed by atoms with van der Waals surface area (Å²) in [5.41, 5.74) is 5.79. The molecule has 0 atom stereocenters. The van der Waals surface area contributed by atoms with E-state index in [0.29, 0.717) is 30.9 Å². The minimum atomic E-state index is -0.429. The predicted octanol–water partition coefficient (Wildman–Crippen LogP) is 2.52. The van der Waals surface area contributed by atoms with Crippen molar-refractivity contribution in [2.24, 2.45) is 5.41 Å². The third-order valence-corrected chi connectivity index (χ3v) is 2.73. The van der Waals surface area contributed by atoms with Crippen LogP contribution in [0.15, 0.2) is 24.3 Å². The quantitative estimate of drug-likeness (QED) is 0.470. The van der Waals surface area contributed by atoms with Gasteiger partial charge in [-0.1, -0.05) is 6.07 Å². The number of ether oxygens (including phenoxy) is 2. The van der Waals surface area contributed by atoms with E-state index in [1.165, 1.54) is 0 Å². The Morgan fingerprint density at radius 1 is 1.45 bits per heavy atom. The minimum Gasteiger partial charge on any atom is -0.482 e. The fraction of sp³-hybridized carbons (Fsp3) is 0.467. The highest BCUT2D eigenvalue weighted by Crippen LogP contribution is 2.20. The second-order valence-electron chi connectivity index (χ2n) is 5.18. The summed E-state index contributed by atoms with van der Waals surface area (Å²) in [5, 5.41) is 8.85. The molecule has 0 aliphatic heterocycles. The Balaban J connectivity index is 2.20. The number of rotatable bonds is 7. The number of nitriles is 1. The smallest absolute Gasteiger partial charge is 0.344 e. The maximum Gasteiger partial charge on any atom is 0.344 e. The predicted molar refractivity (Wildman–Crippen MR) is 75.9 cm³/mol. The van der Waals surface area contributed by atoms with Crippen molar-refractivity contribution >= 4 is 11.7 Å². The number of hydrogen-bond acceptors (Lipinski definition) is 5. The molecule has 0 saturated carbocycles. The van der Waals surface area contributed by atoms with E-state index in [1.54, 1.807) is 24.3 Å². The molecule has 0 bridgehead atoms. The van der Waals surface area contributed by atoms with Crippen LogP contribution >= 0.6 is 0 Å². The van der Waals surface area contributed by atoms with Crippen LogP contribution in [-0.2, 0) is 9.53 Å². The normalized spacial score (nSPS) is 10.7. The standard InChI is InChI=1S/C15H20N2O3/c1-15(2,11-16)7-4-8-19-14(18)10-20-13-6-3-5-12(17)9-13/h3,5-6,9H,4,7-8,10,17H2,1-2H3. The van der Waals surface area contributed by atoms with E-state index < -0.39 is 5.97 Å². The highest BCUT2D eigenvalue weighted by Gasteiger charge is 2.16. The molecule has 0 saturated heterocycles. The summed E-state index contributed by atoms with van der Waals surface area (Å²) in [5.74, 6) is 0.106. The highest BCUT2D eigenvalue weighted by atomic mass is 16.6. The molecule has 1 aromatic rings. The lowest BCUT2D eigenvalue weighted by Crippen LogP contribution is -2.17. The Hall–Kier alpha value is -2.22. The molecule has 1 rings (SSSR count). The second-order valence-corrected chi connectivity index (χ2v) is 5.18. The molecule has 0 aliphatic rings. The van der Waals surface area contributed by atoms with E-state index in [4.69, 9.17) is 20.5 Å². The van der Waals surface area contributed by atoms with Crippen LogP contribution in [-0.4, -0.2) is 19.2 Å². The zero-order valence-corrected chi connectivity index (χ0v) is 11.9. The van der Waals surface area contributed by atoms with Gasteiger partial charge in [0.15, 0.2) is 6.61 Å². The van der Waals surface area contributed by atoms with Gasteiger partial charge in [0.2, 0.25) is 0 Å². The lowest BCUT2D eigenvalue weighted by Gasteiger charge is -2.14. The largest absolute Gasteiger partial charge is 0.482 e. The summed E-state index contributed by atoms with van der Waals surface area (Å²) < 4.78 is 10.3. The van der Waals surface area contributed by atoms with Crippen LogP contribution in [0.1, 0.15) is 26.7 Å². The van der Waals surface area contributed by atoms with Crippen LogP contribution in [0.2, 0.25) is 0 Å². The molecular weight excluding hydrogens is 256 g/mol. The van der Waals surface area contributed by atoms with Gasteiger partial charge >= 0.3 is 5.97 Å². The minimum absolute atomic E-state index is 0.148. The Kier molecular flexibility index (Phi) is 5.85. The first-order valence-electron chi connectivity index (χ1n) is 6.48. The van der Waals surface area contributed by atoms with Crippen molar-refractivity contribution < 1.29 is 14.3 Å². The molecular formula is C15H20N2O3. The summed E-state index contributed by atoms with van der Waals surface area (Å²) in [6.07, 6.45) is 1.34. The highest BCUT2D eigenvalue weighted by molar-refractivity contribution is 5.71. The third-order valence-electron chi connectivity index (χ3n) is 2.73. The average Bonchev–Trinajstić information content (AvgIpc) is 2.41. The topological polar surface area (TPSA) is 85.3 Å². The van der Waals surface area contributed by atoms with Crippen molar-refractivity contribution in [3.8, 4) is 11.8 Å². The number of nitrogens with zero attached hydrogens (tertiary/aromatic N) is 1. The first-order valence-corrected chi connectivity index (χ1v) is 6.48. The molecule has 0 aliphatic carbocycles. The maximum atomic E-state index is 11.5. The fourth-order valence-electron chi connectivity index (χ4n) is 1.54. The van der Waals surface area contributed by atoms with E-state index in [-0.39, 0.29) is 12.0 Å². The number of benzene rings is 1. The molecule has 5 nitrogen and oxygen atoms in total. The van der Waals surface area contributed by atoms with E-state index in [9.17, 15) is 4.79 Å². The first-order chi connectivity index (χ1) is 9.43. The number of hydrogen-bond donors (Lipinski definition) is 1. The molecule has 108 valence electrons. The van der Waals surface area contributed by atoms with Gasteiger partial charge in [-0.15, -0.1) is 0 Å². The number of nitrogens with two attached hydrogens (primary N) is 1. The van der Waals surface area contributed by atoms with Crippen molar-refractivity contribution in [1.29, 1.82) is 5.26 Å². The number of esters is 1. The van der Waals surface area contributed by atoms with Crippen molar-refractivity contribution in [3.63, 3.8) is 0 Å². The Bertz CT molecular complexity index is 492. The molecule has 0 aromatic heterocycles. The molecule has 0 amide bonds. The number of anilines is 1. The molecule has 20 heavy (non-hydrogen) atoms. The van der Waals surface area contributed by atoms with Crippen molar-refractivity contribution in [1.82, 2.24) is 0 Å². The van der Waals surface area contributed by atoms with E-state index in [0.717, 1.165) is 0 Å². The zero-order valence-electron chi connectivity index (χ0n) is 11.9. The van der Waals surface area contributed by atoms with E-state index in [1.807, 2.05) is 13.8 Å². The molecule has 5 heteroatoms. The van der Waals surface area contributed by atoms with Crippen molar-refractivity contribution in [2.45, 2.75) is 26.7 Å². The number of carbonyl (C=O) groups is 1. The van der Waals surface area contributed by atoms with Crippen LogP contribution < -0.4 is 10.5 Å². The van der Waals surface area contributed by atoms with Gasteiger partial charge in [0, 0.05) is 11.8 Å². The van der Waals surface area contributed by atoms with Gasteiger partial charge in [0.05, 0.1) is 18.1 Å². The SMILES string of the molecule is CC(C)(C#N)CCCOC(=O)COc1cccc(N)c1. The van der Waals surface area contributed by atoms with Crippen LogP contribution in [0, 0.1) is 16.7 Å². The van der Waals surface area contributed by atoms with Crippen LogP contribution in [0.5, 0.6) is 5.75 Å². The molecule has 0 spiro atoms. The zero-order chi connectivity index (χ0) is 15.0. The van der Waals surface area contributed by atoms with Crippen LogP contribution in [0.3, 0.4) is 0 Å². The van der Waals surface area contributed by atoms with Crippen LogP contribution in [0.25, 0.3) is 0 Å². The summed E-state index contributed by atoms with van der Waals surface area (Å²) >= 11 is 0. The summed E-state index contributed by atoms with van der Waals surface area (Å²) in [7, 11) is 0. The molecule has 0 unspecified atom stereocenters. The van der Waals surface area contributed by atoms with Gasteiger partial charge in [-0.3, -0.25) is 0 Å². The summed E-state index contributed by atoms with van der Waals surface area (Å²) in [6.45, 7) is 3.87. The van der Waals surface area contributed by atoms with Gasteiger partial charge in [0.25, 0.3) is 0 Å². The molecule has 0 fully saturated rings. The molecule has 0 radical (unpaired) electrons. The fourth-order valence-corrected chi connectivity index (χ4v) is 1.54. The average molecular weight is 276 g/mol. The van der Waals surface area contributed by atoms with Crippen LogP contribution in [0.4, 0.5) is 5.69 Å². The van der Waals surface area contributed by atoms with Crippen molar-refractivity contribution in [2.75, 3.05) is 18.9 Å². The van der Waals surface area contributed by atoms with Gasteiger partial charge in [-0.2, -0.15) is 5.26 Å². The van der Waals surface area contributed by atoms with Crippen molar-refractivity contribution in [3.05, 3.63) is 24.3 Å². The van der Waals surface area contributed by atoms with E-state index >= 15 is 0 Å². The maximum absolute atomic E-state index is 11.5. The number of carbonyl (C=O) groups excluding carboxylic acids is 1. The lowest BCUT2D eigenvalue weighted by atomic mass is 9.90. The van der Waals surface area contributed by atoms with Gasteiger partial charge in [0.1, 0.15) is 5.75 Å². The second kappa shape index (κ2) is 7.39. The Labute approximate surface area is 119 Å². The molecule has 1 aromatic carbocycles. The monoisotopic (exact) mass is 276 g/mol. The first kappa shape index (κ1) is 15.8. The molecule has 2 N–H and O–H groups in total. The lowest BCUT2D eigenvalue weighted by molar-refractivity contribution is -0.146. The summed E-state index contributed by atoms with van der Waals surface area (Å²) in [6, 6.07) is 9.06. The molecule has 0 heterocycles. The Morgan fingerprint density at radius 3 is 2.85 bits per heavy atom.